The minimum absolute atomic E-state index is 0.0136. The maximum Gasteiger partial charge on any atom is 0.472 e. The molecule has 0 amide bonds. The van der Waals surface area contributed by atoms with E-state index in [2.05, 4.69) is 38.2 Å². The third-order valence-corrected chi connectivity index (χ3v) is 11.7. The maximum absolute atomic E-state index is 12.7. The zero-order valence-corrected chi connectivity index (χ0v) is 39.0. The molecule has 0 aromatic carbocycles. The third kappa shape index (κ3) is 44.3. The van der Waals surface area contributed by atoms with Gasteiger partial charge in [0.2, 0.25) is 0 Å². The Morgan fingerprint density at radius 1 is 0.542 bits per heavy atom. The van der Waals surface area contributed by atoms with Gasteiger partial charge < -0.3 is 25.2 Å². The van der Waals surface area contributed by atoms with Crippen molar-refractivity contribution in [1.29, 1.82) is 0 Å². The van der Waals surface area contributed by atoms with E-state index in [4.69, 9.17) is 29.4 Å². The number of allylic oxidation sites excluding steroid dienone is 4. The van der Waals surface area contributed by atoms with E-state index in [1.165, 1.54) is 154 Å². The lowest BCUT2D eigenvalue weighted by Crippen LogP contribution is -2.34. The lowest BCUT2D eigenvalue weighted by atomic mass is 10.0. The van der Waals surface area contributed by atoms with Gasteiger partial charge in [0.1, 0.15) is 12.1 Å². The second-order valence-corrected chi connectivity index (χ2v) is 18.1. The molecule has 10 nitrogen and oxygen atoms in total. The van der Waals surface area contributed by atoms with E-state index in [-0.39, 0.29) is 13.0 Å². The summed E-state index contributed by atoms with van der Waals surface area (Å²) in [6, 6.07) is -1.47. The molecule has 0 saturated heterocycles. The van der Waals surface area contributed by atoms with Crippen molar-refractivity contribution in [2.75, 3.05) is 26.4 Å². The van der Waals surface area contributed by atoms with E-state index < -0.39 is 45.1 Å². The van der Waals surface area contributed by atoms with Gasteiger partial charge in [-0.25, -0.2) is 4.57 Å². The van der Waals surface area contributed by atoms with Crippen molar-refractivity contribution in [2.24, 2.45) is 5.73 Å². The minimum atomic E-state index is -4.62. The second-order valence-electron chi connectivity index (χ2n) is 16.6. The van der Waals surface area contributed by atoms with Crippen LogP contribution in [0.1, 0.15) is 232 Å². The van der Waals surface area contributed by atoms with Crippen LogP contribution in [0.3, 0.4) is 0 Å². The number of hydrogen-bond acceptors (Lipinski definition) is 8. The summed E-state index contributed by atoms with van der Waals surface area (Å²) in [6.07, 6.45) is 49.5. The fourth-order valence-electron chi connectivity index (χ4n) is 6.94. The monoisotopic (exact) mass is 858 g/mol. The summed E-state index contributed by atoms with van der Waals surface area (Å²) >= 11 is 0. The lowest BCUT2D eigenvalue weighted by Gasteiger charge is -2.20. The van der Waals surface area contributed by atoms with Gasteiger partial charge in [-0.15, -0.1) is 0 Å². The number of esters is 1. The average Bonchev–Trinajstić information content (AvgIpc) is 3.21. The third-order valence-electron chi connectivity index (χ3n) is 10.7. The number of phosphoric acid groups is 1. The number of nitrogens with two attached hydrogens (primary N) is 1. The Kier molecular flexibility index (Phi) is 43.3. The number of carboxylic acids is 1. The number of hydrogen-bond donors (Lipinski definition) is 3. The van der Waals surface area contributed by atoms with Gasteiger partial charge in [-0.05, 0) is 38.5 Å². The van der Waals surface area contributed by atoms with Crippen LogP contribution in [0.4, 0.5) is 0 Å². The molecular formula is C48H92NO9P. The van der Waals surface area contributed by atoms with Crippen molar-refractivity contribution in [3.63, 3.8) is 0 Å². The number of unbranched alkanes of at least 4 members (excludes halogenated alkanes) is 29. The van der Waals surface area contributed by atoms with Gasteiger partial charge in [-0.2, -0.15) is 0 Å². The highest BCUT2D eigenvalue weighted by atomic mass is 31.2. The summed E-state index contributed by atoms with van der Waals surface area (Å²) in [6.45, 7) is 3.83. The normalized spacial score (nSPS) is 14.0. The number of ether oxygens (including phenoxy) is 2. The molecule has 4 N–H and O–H groups in total. The zero-order chi connectivity index (χ0) is 43.3. The minimum Gasteiger partial charge on any atom is -0.480 e. The summed E-state index contributed by atoms with van der Waals surface area (Å²) in [4.78, 5) is 33.6. The number of phosphoric ester groups is 1. The van der Waals surface area contributed by atoms with E-state index in [0.717, 1.165) is 51.4 Å². The van der Waals surface area contributed by atoms with Crippen molar-refractivity contribution in [1.82, 2.24) is 0 Å². The van der Waals surface area contributed by atoms with Gasteiger partial charge in [0.05, 0.1) is 19.8 Å². The van der Waals surface area contributed by atoms with E-state index >= 15 is 0 Å². The first-order valence-electron chi connectivity index (χ1n) is 24.4. The Morgan fingerprint density at radius 3 is 1.44 bits per heavy atom. The van der Waals surface area contributed by atoms with E-state index in [9.17, 15) is 19.0 Å². The Labute approximate surface area is 362 Å². The molecule has 0 fully saturated rings. The van der Waals surface area contributed by atoms with Gasteiger partial charge in [0, 0.05) is 13.0 Å². The molecule has 0 spiro atoms. The Hall–Kier alpha value is -1.55. The highest BCUT2D eigenvalue weighted by molar-refractivity contribution is 7.47. The molecule has 348 valence electrons. The van der Waals surface area contributed by atoms with Crippen molar-refractivity contribution in [2.45, 2.75) is 244 Å². The van der Waals surface area contributed by atoms with Crippen molar-refractivity contribution in [3.8, 4) is 0 Å². The molecule has 11 heteroatoms. The Bertz CT molecular complexity index is 1040. The van der Waals surface area contributed by atoms with Crippen LogP contribution in [0.15, 0.2) is 24.3 Å². The summed E-state index contributed by atoms with van der Waals surface area (Å²) in [5, 5.41) is 8.91. The highest BCUT2D eigenvalue weighted by Crippen LogP contribution is 2.43. The predicted molar refractivity (Wildman–Crippen MR) is 245 cm³/mol. The second kappa shape index (κ2) is 44.5. The number of rotatable bonds is 47. The Morgan fingerprint density at radius 2 is 0.966 bits per heavy atom. The van der Waals surface area contributed by atoms with Crippen LogP contribution in [-0.2, 0) is 32.7 Å². The van der Waals surface area contributed by atoms with Gasteiger partial charge in [0.25, 0.3) is 0 Å². The van der Waals surface area contributed by atoms with Crippen LogP contribution in [0.5, 0.6) is 0 Å². The molecule has 0 bridgehead atoms. The van der Waals surface area contributed by atoms with Crippen LogP contribution >= 0.6 is 7.82 Å². The SMILES string of the molecule is CCC/C=C\C/C=C\CCCCCCCCOCC(COP(=O)(O)OCC(N)C(=O)O)OC(=O)CCCCCCCCCCCCCCCCCCCCCCCCC. The fourth-order valence-corrected chi connectivity index (χ4v) is 7.72. The quantitative estimate of drug-likeness (QED) is 0.0233. The van der Waals surface area contributed by atoms with Crippen LogP contribution in [0.2, 0.25) is 0 Å². The average molecular weight is 858 g/mol. The molecule has 0 aliphatic rings. The van der Waals surface area contributed by atoms with Crippen molar-refractivity contribution < 1.29 is 42.7 Å². The molecular weight excluding hydrogens is 765 g/mol. The number of carbonyl (C=O) groups is 2. The summed E-state index contributed by atoms with van der Waals surface area (Å²) in [7, 11) is -4.62. The predicted octanol–water partition coefficient (Wildman–Crippen LogP) is 13.9. The Balaban J connectivity index is 4.09. The lowest BCUT2D eigenvalue weighted by molar-refractivity contribution is -0.154. The van der Waals surface area contributed by atoms with Crippen molar-refractivity contribution in [3.05, 3.63) is 24.3 Å². The van der Waals surface area contributed by atoms with Gasteiger partial charge >= 0.3 is 19.8 Å². The molecule has 0 aromatic heterocycles. The molecule has 0 heterocycles. The topological polar surface area (TPSA) is 155 Å². The van der Waals surface area contributed by atoms with E-state index in [1.54, 1.807) is 0 Å². The van der Waals surface area contributed by atoms with Gasteiger partial charge in [-0.1, -0.05) is 212 Å². The smallest absolute Gasteiger partial charge is 0.472 e. The summed E-state index contributed by atoms with van der Waals surface area (Å²) < 4.78 is 33.4. The maximum atomic E-state index is 12.7. The summed E-state index contributed by atoms with van der Waals surface area (Å²) in [5.74, 6) is -1.77. The summed E-state index contributed by atoms with van der Waals surface area (Å²) in [5.41, 5.74) is 5.36. The zero-order valence-electron chi connectivity index (χ0n) is 38.1. The first kappa shape index (κ1) is 57.4. The molecule has 0 aliphatic carbocycles. The van der Waals surface area contributed by atoms with Crippen molar-refractivity contribution >= 4 is 19.8 Å². The molecule has 59 heavy (non-hydrogen) atoms. The van der Waals surface area contributed by atoms with Crippen LogP contribution < -0.4 is 5.73 Å². The molecule has 0 radical (unpaired) electrons. The van der Waals surface area contributed by atoms with E-state index in [1.807, 2.05) is 0 Å². The molecule has 0 saturated carbocycles. The standard InChI is InChI=1S/C48H92NO9P/c1-3-5-7-9-11-13-15-17-19-20-21-22-23-24-25-26-27-28-30-32-34-36-38-40-47(50)58-45(43-56-59(53,54)57-44-46(49)48(51)52)42-55-41-39-37-35-33-31-29-18-16-14-12-10-8-6-4-2/h8,10,14,16,45-46H,3-7,9,11-13,15,17-44,49H2,1-2H3,(H,51,52)(H,53,54)/b10-8-,16-14-. The molecule has 0 aliphatic heterocycles. The van der Waals surface area contributed by atoms with Crippen LogP contribution in [0, 0.1) is 0 Å². The van der Waals surface area contributed by atoms with Crippen LogP contribution in [0.25, 0.3) is 0 Å². The van der Waals surface area contributed by atoms with Gasteiger partial charge in [-0.3, -0.25) is 18.6 Å². The number of aliphatic carboxylic acids is 1. The first-order chi connectivity index (χ1) is 28.7. The van der Waals surface area contributed by atoms with E-state index in [0.29, 0.717) is 13.0 Å². The molecule has 0 rings (SSSR count). The molecule has 0 aromatic rings. The fraction of sp³-hybridized carbons (Fsp3) is 0.875. The molecule has 3 unspecified atom stereocenters. The first-order valence-corrected chi connectivity index (χ1v) is 25.9. The number of carbonyl (C=O) groups excluding carboxylic acids is 1. The largest absolute Gasteiger partial charge is 0.480 e. The molecule has 3 atom stereocenters. The highest BCUT2D eigenvalue weighted by Gasteiger charge is 2.27. The van der Waals surface area contributed by atoms with Gasteiger partial charge in [0.15, 0.2) is 0 Å². The van der Waals surface area contributed by atoms with Crippen LogP contribution in [-0.4, -0.2) is 60.5 Å². The number of carboxylic acid groups (broad SMARTS) is 1.